The van der Waals surface area contributed by atoms with Gasteiger partial charge in [-0.05, 0) is 19.3 Å². The lowest BCUT2D eigenvalue weighted by Crippen LogP contribution is -2.27. The van der Waals surface area contributed by atoms with E-state index >= 15 is 0 Å². The van der Waals surface area contributed by atoms with Gasteiger partial charge in [-0.1, -0.05) is 5.16 Å². The number of hydrogen-bond acceptors (Lipinski definition) is 4. The van der Waals surface area contributed by atoms with Crippen LogP contribution in [0.3, 0.4) is 0 Å². The average Bonchev–Trinajstić information content (AvgIpc) is 2.76. The van der Waals surface area contributed by atoms with E-state index in [-0.39, 0.29) is 12.5 Å². The van der Waals surface area contributed by atoms with E-state index in [0.29, 0.717) is 12.2 Å². The van der Waals surface area contributed by atoms with Gasteiger partial charge >= 0.3 is 0 Å². The summed E-state index contributed by atoms with van der Waals surface area (Å²) >= 11 is 0. The Bertz CT molecular complexity index is 285. The second kappa shape index (κ2) is 6.19. The quantitative estimate of drug-likeness (QED) is 0.712. The van der Waals surface area contributed by atoms with Gasteiger partial charge in [0.25, 0.3) is 5.91 Å². The molecule has 1 N–H and O–H groups in total. The minimum atomic E-state index is -0.132. The lowest BCUT2D eigenvalue weighted by Gasteiger charge is -2.14. The van der Waals surface area contributed by atoms with Gasteiger partial charge in [0.15, 0.2) is 5.69 Å². The highest BCUT2D eigenvalue weighted by atomic mass is 16.5. The number of nitrogens with zero attached hydrogens (tertiary/aromatic N) is 2. The van der Waals surface area contributed by atoms with E-state index in [4.69, 9.17) is 5.11 Å². The van der Waals surface area contributed by atoms with Crippen molar-refractivity contribution in [3.05, 3.63) is 18.0 Å². The first-order chi connectivity index (χ1) is 7.25. The highest BCUT2D eigenvalue weighted by molar-refractivity contribution is 5.91. The zero-order valence-electron chi connectivity index (χ0n) is 8.85. The third kappa shape index (κ3) is 3.71. The normalized spacial score (nSPS) is 10.3. The lowest BCUT2D eigenvalue weighted by molar-refractivity contribution is 0.0782. The molecule has 1 aromatic heterocycles. The Morgan fingerprint density at radius 2 is 2.33 bits per heavy atom. The number of rotatable bonds is 6. The van der Waals surface area contributed by atoms with Crippen LogP contribution in [0.5, 0.6) is 0 Å². The summed E-state index contributed by atoms with van der Waals surface area (Å²) in [5, 5.41) is 12.2. The van der Waals surface area contributed by atoms with Crippen molar-refractivity contribution in [3.8, 4) is 0 Å². The van der Waals surface area contributed by atoms with Gasteiger partial charge in [0, 0.05) is 26.3 Å². The molecule has 0 bridgehead atoms. The van der Waals surface area contributed by atoms with Gasteiger partial charge < -0.3 is 14.5 Å². The molecule has 1 amide bonds. The van der Waals surface area contributed by atoms with E-state index in [1.807, 2.05) is 0 Å². The predicted molar refractivity (Wildman–Crippen MR) is 54.4 cm³/mol. The number of unbranched alkanes of at least 4 members (excludes halogenated alkanes) is 2. The molecule has 84 valence electrons. The second-order valence-corrected chi connectivity index (χ2v) is 3.40. The summed E-state index contributed by atoms with van der Waals surface area (Å²) in [5.74, 6) is -0.132. The molecule has 0 saturated carbocycles. The molecule has 15 heavy (non-hydrogen) atoms. The van der Waals surface area contributed by atoms with Crippen LogP contribution in [0.4, 0.5) is 0 Å². The van der Waals surface area contributed by atoms with Crippen LogP contribution in [0.1, 0.15) is 29.8 Å². The van der Waals surface area contributed by atoms with E-state index in [1.165, 1.54) is 6.26 Å². The Hall–Kier alpha value is -1.36. The van der Waals surface area contributed by atoms with Crippen LogP contribution in [0, 0.1) is 0 Å². The molecule has 1 heterocycles. The van der Waals surface area contributed by atoms with Crippen molar-refractivity contribution in [2.45, 2.75) is 19.3 Å². The monoisotopic (exact) mass is 212 g/mol. The first-order valence-electron chi connectivity index (χ1n) is 5.02. The zero-order chi connectivity index (χ0) is 11.1. The number of carbonyl (C=O) groups is 1. The molecule has 0 aliphatic rings. The fourth-order valence-electron chi connectivity index (χ4n) is 1.26. The first kappa shape index (κ1) is 11.7. The Labute approximate surface area is 88.7 Å². The van der Waals surface area contributed by atoms with Crippen LogP contribution in [0.25, 0.3) is 0 Å². The van der Waals surface area contributed by atoms with E-state index in [1.54, 1.807) is 18.0 Å². The van der Waals surface area contributed by atoms with Crippen molar-refractivity contribution in [2.24, 2.45) is 0 Å². The summed E-state index contributed by atoms with van der Waals surface area (Å²) in [7, 11) is 1.73. The largest absolute Gasteiger partial charge is 0.396 e. The number of amides is 1. The summed E-state index contributed by atoms with van der Waals surface area (Å²) in [4.78, 5) is 13.2. The van der Waals surface area contributed by atoms with Gasteiger partial charge in [-0.3, -0.25) is 4.79 Å². The fraction of sp³-hybridized carbons (Fsp3) is 0.600. The molecule has 0 aliphatic heterocycles. The number of aliphatic hydroxyl groups excluding tert-OH is 1. The Balaban J connectivity index is 2.28. The highest BCUT2D eigenvalue weighted by Gasteiger charge is 2.13. The third-order valence-electron chi connectivity index (χ3n) is 2.16. The van der Waals surface area contributed by atoms with Gasteiger partial charge in [0.1, 0.15) is 6.26 Å². The number of aromatic nitrogens is 1. The molecule has 5 heteroatoms. The smallest absolute Gasteiger partial charge is 0.275 e. The molecular weight excluding hydrogens is 196 g/mol. The highest BCUT2D eigenvalue weighted by Crippen LogP contribution is 2.02. The van der Waals surface area contributed by atoms with Gasteiger partial charge in [0.05, 0.1) is 0 Å². The molecule has 1 aromatic rings. The SMILES string of the molecule is CN(CCCCCO)C(=O)c1ccon1. The minimum Gasteiger partial charge on any atom is -0.396 e. The van der Waals surface area contributed by atoms with Crippen molar-refractivity contribution in [1.29, 1.82) is 0 Å². The molecular formula is C10H16N2O3. The molecule has 1 rings (SSSR count). The van der Waals surface area contributed by atoms with Crippen LogP contribution < -0.4 is 0 Å². The molecule has 0 fully saturated rings. The molecule has 5 nitrogen and oxygen atoms in total. The molecule has 0 spiro atoms. The number of aliphatic hydroxyl groups is 1. The van der Waals surface area contributed by atoms with Crippen molar-refractivity contribution >= 4 is 5.91 Å². The predicted octanol–water partition coefficient (Wildman–Crippen LogP) is 0.909. The first-order valence-corrected chi connectivity index (χ1v) is 5.02. The summed E-state index contributed by atoms with van der Waals surface area (Å²) in [6.07, 6.45) is 3.98. The van der Waals surface area contributed by atoms with Gasteiger partial charge in [-0.15, -0.1) is 0 Å². The van der Waals surface area contributed by atoms with Crippen LogP contribution >= 0.6 is 0 Å². The molecule has 0 aliphatic carbocycles. The van der Waals surface area contributed by atoms with E-state index in [0.717, 1.165) is 19.3 Å². The molecule has 0 saturated heterocycles. The van der Waals surface area contributed by atoms with Gasteiger partial charge in [-0.25, -0.2) is 0 Å². The summed E-state index contributed by atoms with van der Waals surface area (Å²) in [6, 6.07) is 1.55. The maximum atomic E-state index is 11.6. The standard InChI is InChI=1S/C10H16N2O3/c1-12(6-3-2-4-7-13)10(14)9-5-8-15-11-9/h5,8,13H,2-4,6-7H2,1H3. The maximum Gasteiger partial charge on any atom is 0.275 e. The number of hydrogen-bond donors (Lipinski definition) is 1. The molecule has 0 unspecified atom stereocenters. The van der Waals surface area contributed by atoms with Crippen LogP contribution in [-0.4, -0.2) is 41.3 Å². The topological polar surface area (TPSA) is 66.6 Å². The molecule has 0 aromatic carbocycles. The fourth-order valence-corrected chi connectivity index (χ4v) is 1.26. The van der Waals surface area contributed by atoms with Crippen molar-refractivity contribution in [1.82, 2.24) is 10.1 Å². The Morgan fingerprint density at radius 1 is 1.53 bits per heavy atom. The van der Waals surface area contributed by atoms with Gasteiger partial charge in [0.2, 0.25) is 0 Å². The zero-order valence-corrected chi connectivity index (χ0v) is 8.85. The Morgan fingerprint density at radius 3 is 2.93 bits per heavy atom. The lowest BCUT2D eigenvalue weighted by atomic mass is 10.2. The van der Waals surface area contributed by atoms with Crippen molar-refractivity contribution in [2.75, 3.05) is 20.2 Å². The summed E-state index contributed by atoms with van der Waals surface area (Å²) in [6.45, 7) is 0.882. The average molecular weight is 212 g/mol. The second-order valence-electron chi connectivity index (χ2n) is 3.40. The number of carbonyl (C=O) groups excluding carboxylic acids is 1. The maximum absolute atomic E-state index is 11.6. The molecule has 0 radical (unpaired) electrons. The minimum absolute atomic E-state index is 0.132. The molecule has 0 atom stereocenters. The van der Waals surface area contributed by atoms with E-state index in [9.17, 15) is 4.79 Å². The summed E-state index contributed by atoms with van der Waals surface area (Å²) < 4.78 is 4.60. The Kier molecular flexibility index (Phi) is 4.83. The van der Waals surface area contributed by atoms with Crippen LogP contribution in [0.15, 0.2) is 16.9 Å². The van der Waals surface area contributed by atoms with E-state index < -0.39 is 0 Å². The van der Waals surface area contributed by atoms with Crippen molar-refractivity contribution < 1.29 is 14.4 Å². The third-order valence-corrected chi connectivity index (χ3v) is 2.16. The van der Waals surface area contributed by atoms with Crippen LogP contribution in [-0.2, 0) is 0 Å². The summed E-state index contributed by atoms with van der Waals surface area (Å²) in [5.41, 5.74) is 0.333. The van der Waals surface area contributed by atoms with Crippen molar-refractivity contribution in [3.63, 3.8) is 0 Å². The van der Waals surface area contributed by atoms with E-state index in [2.05, 4.69) is 9.68 Å². The van der Waals surface area contributed by atoms with Gasteiger partial charge in [-0.2, -0.15) is 0 Å². The van der Waals surface area contributed by atoms with Crippen LogP contribution in [0.2, 0.25) is 0 Å².